The third-order valence-corrected chi connectivity index (χ3v) is 6.42. The first kappa shape index (κ1) is 21.4. The van der Waals surface area contributed by atoms with Crippen LogP contribution in [0.1, 0.15) is 52.4 Å². The Morgan fingerprint density at radius 1 is 1.00 bits per heavy atom. The zero-order valence-corrected chi connectivity index (χ0v) is 18.5. The van der Waals surface area contributed by atoms with Crippen molar-refractivity contribution < 1.29 is 0 Å². The summed E-state index contributed by atoms with van der Waals surface area (Å²) < 4.78 is 1.83. The van der Waals surface area contributed by atoms with Gasteiger partial charge in [0.05, 0.1) is 23.4 Å². The highest BCUT2D eigenvalue weighted by atomic mass is 16.1. The third-order valence-electron chi connectivity index (χ3n) is 6.42. The molecule has 1 fully saturated rings. The Labute approximate surface area is 183 Å². The van der Waals surface area contributed by atoms with E-state index in [0.29, 0.717) is 30.0 Å². The quantitative estimate of drug-likeness (QED) is 0.584. The summed E-state index contributed by atoms with van der Waals surface area (Å²) in [5.74, 6) is 0.277. The van der Waals surface area contributed by atoms with Gasteiger partial charge in [-0.05, 0) is 58.2 Å². The molecule has 164 valence electrons. The van der Waals surface area contributed by atoms with Crippen molar-refractivity contribution in [3.05, 3.63) is 47.0 Å². The molecule has 4 rings (SSSR count). The number of nitrogens with zero attached hydrogens (tertiary/aromatic N) is 5. The fraction of sp³-hybridized carbons (Fsp3) is 0.500. The number of nitrogen functional groups attached to an aromatic ring is 1. The predicted molar refractivity (Wildman–Crippen MR) is 125 cm³/mol. The molecule has 3 aromatic rings. The molecule has 0 bridgehead atoms. The molecule has 2 unspecified atom stereocenters. The molecule has 1 aromatic carbocycles. The molecular weight excluding hydrogens is 388 g/mol. The van der Waals surface area contributed by atoms with E-state index in [2.05, 4.69) is 33.7 Å². The molecule has 3 heterocycles. The van der Waals surface area contributed by atoms with Crippen LogP contribution in [0.15, 0.2) is 41.5 Å². The van der Waals surface area contributed by atoms with E-state index in [1.807, 2.05) is 28.8 Å². The van der Waals surface area contributed by atoms with E-state index in [1.54, 1.807) is 6.20 Å². The minimum Gasteiger partial charge on any atom is -0.382 e. The number of rotatable bonds is 7. The Balaban J connectivity index is 1.49. The number of fused-ring (bicyclic) bond motifs is 1. The summed E-state index contributed by atoms with van der Waals surface area (Å²) in [6.45, 7) is 6.49. The van der Waals surface area contributed by atoms with Crippen molar-refractivity contribution in [2.75, 3.05) is 12.3 Å². The summed E-state index contributed by atoms with van der Waals surface area (Å²) in [6, 6.07) is 9.11. The van der Waals surface area contributed by atoms with Gasteiger partial charge in [0.2, 0.25) is 0 Å². The van der Waals surface area contributed by atoms with E-state index < -0.39 is 0 Å². The molecule has 7 nitrogen and oxygen atoms in total. The number of benzene rings is 1. The normalized spacial score (nSPS) is 19.7. The van der Waals surface area contributed by atoms with Gasteiger partial charge in [-0.3, -0.25) is 14.7 Å². The van der Waals surface area contributed by atoms with Crippen molar-refractivity contribution in [1.82, 2.24) is 24.4 Å². The second kappa shape index (κ2) is 9.56. The molecule has 1 aliphatic heterocycles. The Morgan fingerprint density at radius 3 is 2.52 bits per heavy atom. The summed E-state index contributed by atoms with van der Waals surface area (Å²) in [5.41, 5.74) is 7.98. The molecule has 0 amide bonds. The van der Waals surface area contributed by atoms with Crippen LogP contribution in [0.4, 0.5) is 5.82 Å². The van der Waals surface area contributed by atoms with Crippen LogP contribution in [-0.2, 0) is 6.54 Å². The average Bonchev–Trinajstić information content (AvgIpc) is 2.76. The van der Waals surface area contributed by atoms with Gasteiger partial charge in [0.25, 0.3) is 5.56 Å². The van der Waals surface area contributed by atoms with Gasteiger partial charge in [-0.15, -0.1) is 0 Å². The summed E-state index contributed by atoms with van der Waals surface area (Å²) in [5, 5.41) is 0. The molecule has 1 saturated heterocycles. The van der Waals surface area contributed by atoms with Crippen LogP contribution in [0, 0.1) is 0 Å². The van der Waals surface area contributed by atoms with Gasteiger partial charge >= 0.3 is 0 Å². The first-order valence-electron chi connectivity index (χ1n) is 11.4. The SMILES string of the molecule is CC1CCCC(C)N1CCCCCn1c(=O)c(-c2cncc(N)n2)nc2ccccc21. The largest absolute Gasteiger partial charge is 0.382 e. The summed E-state index contributed by atoms with van der Waals surface area (Å²) in [7, 11) is 0. The van der Waals surface area contributed by atoms with Crippen LogP contribution in [0.5, 0.6) is 0 Å². The van der Waals surface area contributed by atoms with Crippen LogP contribution < -0.4 is 11.3 Å². The minimum absolute atomic E-state index is 0.142. The van der Waals surface area contributed by atoms with Crippen molar-refractivity contribution in [2.45, 2.75) is 71.0 Å². The van der Waals surface area contributed by atoms with Gasteiger partial charge < -0.3 is 10.3 Å². The van der Waals surface area contributed by atoms with E-state index in [0.717, 1.165) is 36.8 Å². The van der Waals surface area contributed by atoms with E-state index in [4.69, 9.17) is 5.73 Å². The number of anilines is 1. The van der Waals surface area contributed by atoms with Crippen LogP contribution in [0.3, 0.4) is 0 Å². The molecule has 0 spiro atoms. The van der Waals surface area contributed by atoms with Gasteiger partial charge in [0, 0.05) is 18.6 Å². The number of hydrogen-bond donors (Lipinski definition) is 1. The number of likely N-dealkylation sites (tertiary alicyclic amines) is 1. The van der Waals surface area contributed by atoms with Crippen LogP contribution in [-0.4, -0.2) is 43.0 Å². The number of hydrogen-bond acceptors (Lipinski definition) is 6. The molecule has 2 aromatic heterocycles. The number of para-hydroxylation sites is 2. The van der Waals surface area contributed by atoms with Crippen LogP contribution in [0.2, 0.25) is 0 Å². The first-order valence-corrected chi connectivity index (χ1v) is 11.4. The molecule has 2 atom stereocenters. The second-order valence-corrected chi connectivity index (χ2v) is 8.66. The predicted octanol–water partition coefficient (Wildman–Crippen LogP) is 3.87. The van der Waals surface area contributed by atoms with Gasteiger partial charge in [0.1, 0.15) is 11.5 Å². The Morgan fingerprint density at radius 2 is 1.74 bits per heavy atom. The minimum atomic E-state index is -0.142. The van der Waals surface area contributed by atoms with Crippen molar-refractivity contribution >= 4 is 16.9 Å². The number of unbranched alkanes of at least 4 members (excludes halogenated alkanes) is 2. The third kappa shape index (κ3) is 4.77. The van der Waals surface area contributed by atoms with E-state index in [9.17, 15) is 4.79 Å². The molecular formula is C24H32N6O. The zero-order chi connectivity index (χ0) is 21.8. The molecule has 2 N–H and O–H groups in total. The molecule has 0 aliphatic carbocycles. The van der Waals surface area contributed by atoms with E-state index in [-0.39, 0.29) is 11.4 Å². The topological polar surface area (TPSA) is 89.9 Å². The van der Waals surface area contributed by atoms with Gasteiger partial charge in [-0.2, -0.15) is 0 Å². The lowest BCUT2D eigenvalue weighted by atomic mass is 9.97. The highest BCUT2D eigenvalue weighted by molar-refractivity contribution is 5.77. The second-order valence-electron chi connectivity index (χ2n) is 8.66. The Bertz CT molecular complexity index is 1080. The standard InChI is InChI=1S/C24H32N6O/c1-17-9-8-10-18(2)29(17)13-6-3-7-14-30-21-12-5-4-11-19(21)28-23(24(30)31)20-15-26-16-22(25)27-20/h4-5,11-12,15-18H,3,6-10,13-14H2,1-2H3,(H2,25,27). The van der Waals surface area contributed by atoms with Crippen molar-refractivity contribution in [3.8, 4) is 11.4 Å². The van der Waals surface area contributed by atoms with Crippen molar-refractivity contribution in [3.63, 3.8) is 0 Å². The van der Waals surface area contributed by atoms with Crippen LogP contribution >= 0.6 is 0 Å². The molecule has 7 heteroatoms. The number of piperidine rings is 1. The van der Waals surface area contributed by atoms with Gasteiger partial charge in [0.15, 0.2) is 5.69 Å². The number of nitrogens with two attached hydrogens (primary N) is 1. The van der Waals surface area contributed by atoms with Gasteiger partial charge in [-0.1, -0.05) is 25.0 Å². The Hall–Kier alpha value is -2.80. The highest BCUT2D eigenvalue weighted by Gasteiger charge is 2.23. The summed E-state index contributed by atoms with van der Waals surface area (Å²) in [6.07, 6.45) is 10.2. The molecule has 31 heavy (non-hydrogen) atoms. The highest BCUT2D eigenvalue weighted by Crippen LogP contribution is 2.23. The summed E-state index contributed by atoms with van der Waals surface area (Å²) >= 11 is 0. The van der Waals surface area contributed by atoms with Gasteiger partial charge in [-0.25, -0.2) is 9.97 Å². The molecule has 1 aliphatic rings. The first-order chi connectivity index (χ1) is 15.0. The number of aromatic nitrogens is 4. The summed E-state index contributed by atoms with van der Waals surface area (Å²) in [4.78, 5) is 28.8. The maximum absolute atomic E-state index is 13.3. The molecule has 0 radical (unpaired) electrons. The number of aryl methyl sites for hydroxylation is 1. The zero-order valence-electron chi connectivity index (χ0n) is 18.5. The monoisotopic (exact) mass is 420 g/mol. The Kier molecular flexibility index (Phi) is 6.61. The maximum atomic E-state index is 13.3. The lowest BCUT2D eigenvalue weighted by Crippen LogP contribution is -2.44. The smallest absolute Gasteiger partial charge is 0.279 e. The van der Waals surface area contributed by atoms with E-state index >= 15 is 0 Å². The maximum Gasteiger partial charge on any atom is 0.279 e. The van der Waals surface area contributed by atoms with Crippen LogP contribution in [0.25, 0.3) is 22.4 Å². The molecule has 0 saturated carbocycles. The lowest BCUT2D eigenvalue weighted by Gasteiger charge is -2.39. The van der Waals surface area contributed by atoms with E-state index in [1.165, 1.54) is 25.5 Å². The van der Waals surface area contributed by atoms with Crippen molar-refractivity contribution in [1.29, 1.82) is 0 Å². The fourth-order valence-electron chi connectivity index (χ4n) is 4.73. The van der Waals surface area contributed by atoms with Crippen molar-refractivity contribution in [2.24, 2.45) is 0 Å². The lowest BCUT2D eigenvalue weighted by molar-refractivity contribution is 0.101. The average molecular weight is 421 g/mol. The fourth-order valence-corrected chi connectivity index (χ4v) is 4.73.